The minimum atomic E-state index is -0.346. The van der Waals surface area contributed by atoms with Gasteiger partial charge in [-0.1, -0.05) is 50.2 Å². The van der Waals surface area contributed by atoms with Crippen molar-refractivity contribution in [3.05, 3.63) is 71.3 Å². The standard InChI is InChI=1S/C22H20O3/c1-14(2)18-9-8-17(12-21(18)22(24)25-3)20-11-15(13-23)10-16-6-4-5-7-19(16)20/h4-14H,1-3H3. The Morgan fingerprint density at radius 2 is 1.80 bits per heavy atom. The Balaban J connectivity index is 2.28. The molecule has 0 aliphatic heterocycles. The van der Waals surface area contributed by atoms with Crippen molar-refractivity contribution in [3.63, 3.8) is 0 Å². The van der Waals surface area contributed by atoms with Gasteiger partial charge in [0.2, 0.25) is 0 Å². The minimum Gasteiger partial charge on any atom is -0.465 e. The van der Waals surface area contributed by atoms with Gasteiger partial charge in [0.15, 0.2) is 0 Å². The predicted octanol–water partition coefficient (Wildman–Crippen LogP) is 5.23. The Morgan fingerprint density at radius 3 is 2.48 bits per heavy atom. The molecule has 0 fully saturated rings. The van der Waals surface area contributed by atoms with Gasteiger partial charge in [-0.3, -0.25) is 4.79 Å². The van der Waals surface area contributed by atoms with Crippen molar-refractivity contribution in [3.8, 4) is 11.1 Å². The van der Waals surface area contributed by atoms with Gasteiger partial charge in [-0.2, -0.15) is 0 Å². The van der Waals surface area contributed by atoms with Crippen LogP contribution in [0.3, 0.4) is 0 Å². The molecule has 3 aromatic rings. The van der Waals surface area contributed by atoms with Crippen LogP contribution in [0.15, 0.2) is 54.6 Å². The summed E-state index contributed by atoms with van der Waals surface area (Å²) in [6.45, 7) is 4.09. The van der Waals surface area contributed by atoms with Crippen molar-refractivity contribution < 1.29 is 14.3 Å². The zero-order valence-corrected chi connectivity index (χ0v) is 14.6. The lowest BCUT2D eigenvalue weighted by atomic mass is 9.90. The van der Waals surface area contributed by atoms with Crippen LogP contribution in [0.25, 0.3) is 21.9 Å². The van der Waals surface area contributed by atoms with E-state index in [0.29, 0.717) is 11.1 Å². The number of carbonyl (C=O) groups excluding carboxylic acids is 2. The van der Waals surface area contributed by atoms with Gasteiger partial charge in [0, 0.05) is 5.56 Å². The molecule has 3 rings (SSSR count). The molecule has 126 valence electrons. The number of esters is 1. The average molecular weight is 332 g/mol. The van der Waals surface area contributed by atoms with Gasteiger partial charge < -0.3 is 4.74 Å². The maximum absolute atomic E-state index is 12.2. The molecule has 0 aromatic heterocycles. The van der Waals surface area contributed by atoms with Gasteiger partial charge in [0.25, 0.3) is 0 Å². The van der Waals surface area contributed by atoms with E-state index >= 15 is 0 Å². The molecule has 3 heteroatoms. The first-order valence-corrected chi connectivity index (χ1v) is 8.25. The van der Waals surface area contributed by atoms with Crippen LogP contribution >= 0.6 is 0 Å². The Morgan fingerprint density at radius 1 is 1.04 bits per heavy atom. The van der Waals surface area contributed by atoms with Gasteiger partial charge in [0.05, 0.1) is 12.7 Å². The number of methoxy groups -OCH3 is 1. The summed E-state index contributed by atoms with van der Waals surface area (Å²) in [5.41, 5.74) is 3.95. The van der Waals surface area contributed by atoms with E-state index in [1.165, 1.54) is 7.11 Å². The van der Waals surface area contributed by atoms with Crippen molar-refractivity contribution in [1.29, 1.82) is 0 Å². The van der Waals surface area contributed by atoms with Gasteiger partial charge in [-0.05, 0) is 51.6 Å². The van der Waals surface area contributed by atoms with Crippen molar-refractivity contribution in [2.24, 2.45) is 0 Å². The highest BCUT2D eigenvalue weighted by Gasteiger charge is 2.16. The number of rotatable bonds is 4. The number of carbonyl (C=O) groups is 2. The van der Waals surface area contributed by atoms with E-state index < -0.39 is 0 Å². The first-order chi connectivity index (χ1) is 12.0. The molecule has 0 unspecified atom stereocenters. The minimum absolute atomic E-state index is 0.209. The molecule has 0 aliphatic carbocycles. The second-order valence-electron chi connectivity index (χ2n) is 6.36. The lowest BCUT2D eigenvalue weighted by molar-refractivity contribution is 0.0599. The summed E-state index contributed by atoms with van der Waals surface area (Å²) in [5, 5.41) is 2.04. The second-order valence-corrected chi connectivity index (χ2v) is 6.36. The summed E-state index contributed by atoms with van der Waals surface area (Å²) in [4.78, 5) is 23.6. The topological polar surface area (TPSA) is 43.4 Å². The van der Waals surface area contributed by atoms with Crippen molar-refractivity contribution in [2.45, 2.75) is 19.8 Å². The highest BCUT2D eigenvalue weighted by Crippen LogP contribution is 2.32. The van der Waals surface area contributed by atoms with Gasteiger partial charge in [-0.15, -0.1) is 0 Å². The SMILES string of the molecule is COC(=O)c1cc(-c2cc(C=O)cc3ccccc23)ccc1C(C)C. The van der Waals surface area contributed by atoms with Crippen LogP contribution in [-0.4, -0.2) is 19.4 Å². The summed E-state index contributed by atoms with van der Waals surface area (Å²) in [6.07, 6.45) is 0.847. The van der Waals surface area contributed by atoms with E-state index in [-0.39, 0.29) is 11.9 Å². The molecule has 0 atom stereocenters. The molecule has 3 aromatic carbocycles. The lowest BCUT2D eigenvalue weighted by Crippen LogP contribution is -2.07. The highest BCUT2D eigenvalue weighted by atomic mass is 16.5. The largest absolute Gasteiger partial charge is 0.465 e. The van der Waals surface area contributed by atoms with Gasteiger partial charge >= 0.3 is 5.97 Å². The molecule has 0 bridgehead atoms. The third-order valence-electron chi connectivity index (χ3n) is 4.41. The fourth-order valence-electron chi connectivity index (χ4n) is 3.15. The summed E-state index contributed by atoms with van der Waals surface area (Å²) in [7, 11) is 1.39. The number of ether oxygens (including phenoxy) is 1. The second kappa shape index (κ2) is 6.89. The summed E-state index contributed by atoms with van der Waals surface area (Å²) < 4.78 is 4.96. The first kappa shape index (κ1) is 16.9. The number of aldehydes is 1. The highest BCUT2D eigenvalue weighted by molar-refractivity contribution is 6.01. The number of hydrogen-bond donors (Lipinski definition) is 0. The summed E-state index contributed by atoms with van der Waals surface area (Å²) in [5.74, 6) is -0.136. The number of benzene rings is 3. The maximum atomic E-state index is 12.2. The first-order valence-electron chi connectivity index (χ1n) is 8.25. The Hall–Kier alpha value is -2.94. The molecule has 0 saturated heterocycles. The molecule has 0 saturated carbocycles. The van der Waals surface area contributed by atoms with Crippen LogP contribution in [0, 0.1) is 0 Å². The third kappa shape index (κ3) is 3.18. The Bertz CT molecular complexity index is 955. The Kier molecular flexibility index (Phi) is 4.66. The van der Waals surface area contributed by atoms with Crippen LogP contribution in [0.2, 0.25) is 0 Å². The summed E-state index contributed by atoms with van der Waals surface area (Å²) >= 11 is 0. The molecule has 0 aliphatic rings. The van der Waals surface area contributed by atoms with Crippen molar-refractivity contribution in [2.75, 3.05) is 7.11 Å². The quantitative estimate of drug-likeness (QED) is 0.485. The molecule has 0 radical (unpaired) electrons. The monoisotopic (exact) mass is 332 g/mol. The fourth-order valence-corrected chi connectivity index (χ4v) is 3.15. The smallest absolute Gasteiger partial charge is 0.338 e. The van der Waals surface area contributed by atoms with Crippen LogP contribution in [0.1, 0.15) is 46.0 Å². The maximum Gasteiger partial charge on any atom is 0.338 e. The average Bonchev–Trinajstić information content (AvgIpc) is 2.65. The number of hydrogen-bond acceptors (Lipinski definition) is 3. The van der Waals surface area contributed by atoms with Crippen LogP contribution in [0.5, 0.6) is 0 Å². The number of fused-ring (bicyclic) bond motifs is 1. The molecule has 0 N–H and O–H groups in total. The molecule has 25 heavy (non-hydrogen) atoms. The fraction of sp³-hybridized carbons (Fsp3) is 0.182. The van der Waals surface area contributed by atoms with Crippen molar-refractivity contribution in [1.82, 2.24) is 0 Å². The van der Waals surface area contributed by atoms with E-state index in [0.717, 1.165) is 33.7 Å². The van der Waals surface area contributed by atoms with Gasteiger partial charge in [0.1, 0.15) is 6.29 Å². The van der Waals surface area contributed by atoms with E-state index in [9.17, 15) is 9.59 Å². The van der Waals surface area contributed by atoms with E-state index in [4.69, 9.17) is 4.74 Å². The Labute approximate surface area is 147 Å². The van der Waals surface area contributed by atoms with Crippen molar-refractivity contribution >= 4 is 23.0 Å². The molecule has 0 amide bonds. The van der Waals surface area contributed by atoms with E-state index in [2.05, 4.69) is 0 Å². The van der Waals surface area contributed by atoms with Crippen LogP contribution in [0.4, 0.5) is 0 Å². The summed E-state index contributed by atoms with van der Waals surface area (Å²) in [6, 6.07) is 17.5. The van der Waals surface area contributed by atoms with Crippen LogP contribution in [-0.2, 0) is 4.74 Å². The predicted molar refractivity (Wildman–Crippen MR) is 100 cm³/mol. The normalized spacial score (nSPS) is 10.9. The third-order valence-corrected chi connectivity index (χ3v) is 4.41. The molecule has 0 heterocycles. The molecular formula is C22H20O3. The van der Waals surface area contributed by atoms with E-state index in [1.807, 2.05) is 68.4 Å². The molecular weight excluding hydrogens is 312 g/mol. The molecule has 3 nitrogen and oxygen atoms in total. The zero-order chi connectivity index (χ0) is 18.0. The molecule has 0 spiro atoms. The zero-order valence-electron chi connectivity index (χ0n) is 14.6. The van der Waals surface area contributed by atoms with Gasteiger partial charge in [-0.25, -0.2) is 4.79 Å². The van der Waals surface area contributed by atoms with Crippen LogP contribution < -0.4 is 0 Å². The van der Waals surface area contributed by atoms with E-state index in [1.54, 1.807) is 0 Å². The lowest BCUT2D eigenvalue weighted by Gasteiger charge is -2.14.